The molecule has 1 amide bonds. The van der Waals surface area contributed by atoms with Crippen molar-refractivity contribution in [2.24, 2.45) is 5.84 Å². The number of halogens is 2. The molecule has 0 saturated carbocycles. The SMILES string of the molecule is CCN(C(=O)c1cc(F)c(NN)c(F)c1)C(C)CN(C)C. The van der Waals surface area contributed by atoms with Crippen LogP contribution in [0.5, 0.6) is 0 Å². The topological polar surface area (TPSA) is 61.6 Å². The number of rotatable bonds is 6. The molecular formula is C14H22F2N4O. The third-order valence-electron chi connectivity index (χ3n) is 3.20. The molecule has 0 aliphatic rings. The maximum Gasteiger partial charge on any atom is 0.254 e. The van der Waals surface area contributed by atoms with E-state index in [1.54, 1.807) is 4.90 Å². The molecule has 1 aromatic carbocycles. The number of hydrazine groups is 1. The summed E-state index contributed by atoms with van der Waals surface area (Å²) in [7, 11) is 3.80. The van der Waals surface area contributed by atoms with Crippen molar-refractivity contribution >= 4 is 11.6 Å². The fraction of sp³-hybridized carbons (Fsp3) is 0.500. The first-order chi connectivity index (χ1) is 9.81. The van der Waals surface area contributed by atoms with Crippen molar-refractivity contribution < 1.29 is 13.6 Å². The lowest BCUT2D eigenvalue weighted by Crippen LogP contribution is -2.43. The van der Waals surface area contributed by atoms with Crippen molar-refractivity contribution in [3.8, 4) is 0 Å². The molecular weight excluding hydrogens is 278 g/mol. The number of nitrogens with two attached hydrogens (primary N) is 1. The summed E-state index contributed by atoms with van der Waals surface area (Å²) in [5, 5.41) is 0. The van der Waals surface area contributed by atoms with Gasteiger partial charge >= 0.3 is 0 Å². The summed E-state index contributed by atoms with van der Waals surface area (Å²) in [4.78, 5) is 15.9. The van der Waals surface area contributed by atoms with Crippen molar-refractivity contribution in [3.05, 3.63) is 29.3 Å². The van der Waals surface area contributed by atoms with Crippen molar-refractivity contribution in [1.29, 1.82) is 0 Å². The highest BCUT2D eigenvalue weighted by Gasteiger charge is 2.22. The molecule has 21 heavy (non-hydrogen) atoms. The second kappa shape index (κ2) is 7.33. The molecule has 0 aliphatic carbocycles. The number of carbonyl (C=O) groups is 1. The van der Waals surface area contributed by atoms with Gasteiger partial charge in [0.05, 0.1) is 0 Å². The molecule has 7 heteroatoms. The summed E-state index contributed by atoms with van der Waals surface area (Å²) in [5.74, 6) is 2.84. The van der Waals surface area contributed by atoms with E-state index < -0.39 is 23.2 Å². The minimum absolute atomic E-state index is 0.0311. The highest BCUT2D eigenvalue weighted by atomic mass is 19.1. The highest BCUT2D eigenvalue weighted by molar-refractivity contribution is 5.94. The Morgan fingerprint density at radius 2 is 1.86 bits per heavy atom. The van der Waals surface area contributed by atoms with Gasteiger partial charge in [0.1, 0.15) is 5.69 Å². The van der Waals surface area contributed by atoms with E-state index in [4.69, 9.17) is 5.84 Å². The third-order valence-corrected chi connectivity index (χ3v) is 3.20. The fourth-order valence-corrected chi connectivity index (χ4v) is 2.28. The number of nitrogens with one attached hydrogen (secondary N) is 1. The normalized spacial score (nSPS) is 12.4. The van der Waals surface area contributed by atoms with Crippen LogP contribution in [0.3, 0.4) is 0 Å². The van der Waals surface area contributed by atoms with Crippen LogP contribution < -0.4 is 11.3 Å². The lowest BCUT2D eigenvalue weighted by molar-refractivity contribution is 0.0678. The summed E-state index contributed by atoms with van der Waals surface area (Å²) in [6.07, 6.45) is 0. The number of hydrogen-bond acceptors (Lipinski definition) is 4. The number of benzene rings is 1. The standard InChI is InChI=1S/C14H22F2N4O/c1-5-20(9(2)8-19(3)4)14(21)10-6-11(15)13(18-17)12(16)7-10/h6-7,9,18H,5,8,17H2,1-4H3. The molecule has 5 nitrogen and oxygen atoms in total. The molecule has 1 atom stereocenters. The summed E-state index contributed by atoms with van der Waals surface area (Å²) in [6.45, 7) is 4.83. The van der Waals surface area contributed by atoms with E-state index in [1.807, 2.05) is 38.3 Å². The van der Waals surface area contributed by atoms with Crippen molar-refractivity contribution in [3.63, 3.8) is 0 Å². The largest absolute Gasteiger partial charge is 0.335 e. The number of carbonyl (C=O) groups excluding carboxylic acids is 1. The Labute approximate surface area is 123 Å². The van der Waals surface area contributed by atoms with E-state index in [0.717, 1.165) is 12.1 Å². The number of nitrogens with zero attached hydrogens (tertiary/aromatic N) is 2. The van der Waals surface area contributed by atoms with Gasteiger partial charge in [0.2, 0.25) is 0 Å². The van der Waals surface area contributed by atoms with Gasteiger partial charge in [-0.2, -0.15) is 0 Å². The number of anilines is 1. The van der Waals surface area contributed by atoms with Crippen molar-refractivity contribution in [2.45, 2.75) is 19.9 Å². The van der Waals surface area contributed by atoms with Crippen LogP contribution in [-0.2, 0) is 0 Å². The monoisotopic (exact) mass is 300 g/mol. The Hall–Kier alpha value is -1.73. The van der Waals surface area contributed by atoms with Crippen LogP contribution in [0.25, 0.3) is 0 Å². The summed E-state index contributed by atoms with van der Waals surface area (Å²) >= 11 is 0. The number of amides is 1. The Kier molecular flexibility index (Phi) is 6.04. The molecule has 1 aromatic rings. The van der Waals surface area contributed by atoms with E-state index in [1.165, 1.54) is 0 Å². The number of nitrogen functional groups attached to an aromatic ring is 1. The average Bonchev–Trinajstić information content (AvgIpc) is 2.38. The fourth-order valence-electron chi connectivity index (χ4n) is 2.28. The Morgan fingerprint density at radius 1 is 1.33 bits per heavy atom. The molecule has 0 bridgehead atoms. The van der Waals surface area contributed by atoms with Gasteiger partial charge in [0, 0.05) is 24.7 Å². The van der Waals surface area contributed by atoms with E-state index in [9.17, 15) is 13.6 Å². The lowest BCUT2D eigenvalue weighted by atomic mass is 10.1. The van der Waals surface area contributed by atoms with Crippen LogP contribution in [0.15, 0.2) is 12.1 Å². The van der Waals surface area contributed by atoms with Gasteiger partial charge in [-0.3, -0.25) is 10.6 Å². The Morgan fingerprint density at radius 3 is 2.24 bits per heavy atom. The zero-order valence-electron chi connectivity index (χ0n) is 12.8. The maximum atomic E-state index is 13.7. The lowest BCUT2D eigenvalue weighted by Gasteiger charge is -2.30. The summed E-state index contributed by atoms with van der Waals surface area (Å²) in [5.41, 5.74) is 1.46. The van der Waals surface area contributed by atoms with Crippen molar-refractivity contribution in [1.82, 2.24) is 9.80 Å². The second-order valence-electron chi connectivity index (χ2n) is 5.16. The molecule has 0 radical (unpaired) electrons. The van der Waals surface area contributed by atoms with Gasteiger partial charge in [-0.15, -0.1) is 0 Å². The van der Waals surface area contributed by atoms with Crippen LogP contribution in [0, 0.1) is 11.6 Å². The molecule has 0 saturated heterocycles. The van der Waals surface area contributed by atoms with Crippen LogP contribution in [0.2, 0.25) is 0 Å². The van der Waals surface area contributed by atoms with Crippen LogP contribution in [0.1, 0.15) is 24.2 Å². The highest BCUT2D eigenvalue weighted by Crippen LogP contribution is 2.21. The smallest absolute Gasteiger partial charge is 0.254 e. The minimum atomic E-state index is -0.892. The molecule has 118 valence electrons. The Bertz CT molecular complexity index is 485. The van der Waals surface area contributed by atoms with E-state index >= 15 is 0 Å². The molecule has 0 heterocycles. The predicted octanol–water partition coefficient (Wildman–Crippen LogP) is 1.66. The zero-order chi connectivity index (χ0) is 16.2. The van der Waals surface area contributed by atoms with E-state index in [0.29, 0.717) is 13.1 Å². The molecule has 1 rings (SSSR count). The first-order valence-corrected chi connectivity index (χ1v) is 6.73. The van der Waals surface area contributed by atoms with E-state index in [2.05, 4.69) is 0 Å². The Balaban J connectivity index is 3.06. The number of hydrogen-bond donors (Lipinski definition) is 2. The average molecular weight is 300 g/mol. The van der Waals surface area contributed by atoms with Crippen LogP contribution >= 0.6 is 0 Å². The van der Waals surface area contributed by atoms with Gasteiger partial charge < -0.3 is 15.2 Å². The molecule has 1 unspecified atom stereocenters. The third kappa shape index (κ3) is 4.12. The predicted molar refractivity (Wildman–Crippen MR) is 78.9 cm³/mol. The quantitative estimate of drug-likeness (QED) is 0.619. The zero-order valence-corrected chi connectivity index (χ0v) is 12.8. The molecule has 0 aliphatic heterocycles. The molecule has 0 fully saturated rings. The van der Waals surface area contributed by atoms with Gasteiger partial charge in [-0.05, 0) is 40.1 Å². The van der Waals surface area contributed by atoms with Gasteiger partial charge in [0.15, 0.2) is 11.6 Å². The van der Waals surface area contributed by atoms with Gasteiger partial charge in [0.25, 0.3) is 5.91 Å². The van der Waals surface area contributed by atoms with Crippen LogP contribution in [-0.4, -0.2) is 48.9 Å². The maximum absolute atomic E-state index is 13.7. The van der Waals surface area contributed by atoms with E-state index in [-0.39, 0.29) is 11.6 Å². The van der Waals surface area contributed by atoms with Gasteiger partial charge in [-0.1, -0.05) is 0 Å². The molecule has 3 N–H and O–H groups in total. The first-order valence-electron chi connectivity index (χ1n) is 6.73. The summed E-state index contributed by atoms with van der Waals surface area (Å²) < 4.78 is 27.4. The van der Waals surface area contributed by atoms with Crippen LogP contribution in [0.4, 0.5) is 14.5 Å². The molecule has 0 spiro atoms. The van der Waals surface area contributed by atoms with Crippen molar-refractivity contribution in [2.75, 3.05) is 32.6 Å². The second-order valence-corrected chi connectivity index (χ2v) is 5.16. The number of likely N-dealkylation sites (N-methyl/N-ethyl adjacent to an activating group) is 2. The molecule has 0 aromatic heterocycles. The van der Waals surface area contributed by atoms with Gasteiger partial charge in [-0.25, -0.2) is 8.78 Å². The summed E-state index contributed by atoms with van der Waals surface area (Å²) in [6, 6.07) is 1.91. The minimum Gasteiger partial charge on any atom is -0.335 e. The first kappa shape index (κ1) is 17.3.